The molecule has 2 aromatic heterocycles. The molecule has 0 atom stereocenters. The fourth-order valence-corrected chi connectivity index (χ4v) is 1.71. The van der Waals surface area contributed by atoms with E-state index in [9.17, 15) is 10.1 Å². The van der Waals surface area contributed by atoms with Crippen molar-refractivity contribution in [2.45, 2.75) is 13.3 Å². The largest absolute Gasteiger partial charge is 0.481 e. The molecule has 0 aliphatic rings. The lowest BCUT2D eigenvalue weighted by molar-refractivity contribution is -0.384. The molecular weight excluding hydrogens is 274 g/mol. The molecule has 0 unspecified atom stereocenters. The smallest absolute Gasteiger partial charge is 0.313 e. The zero-order valence-electron chi connectivity index (χ0n) is 11.7. The van der Waals surface area contributed by atoms with Crippen LogP contribution in [0.4, 0.5) is 11.6 Å². The van der Waals surface area contributed by atoms with Crippen molar-refractivity contribution in [3.05, 3.63) is 34.6 Å². The van der Waals surface area contributed by atoms with E-state index in [1.54, 1.807) is 12.1 Å². The van der Waals surface area contributed by atoms with Crippen molar-refractivity contribution in [2.24, 2.45) is 0 Å². The van der Waals surface area contributed by atoms with Gasteiger partial charge in [-0.1, -0.05) is 6.92 Å². The summed E-state index contributed by atoms with van der Waals surface area (Å²) in [4.78, 5) is 22.8. The molecule has 0 aliphatic heterocycles. The Labute approximate surface area is 121 Å². The summed E-state index contributed by atoms with van der Waals surface area (Å²) in [6, 6.07) is 3.24. The molecule has 8 nitrogen and oxygen atoms in total. The van der Waals surface area contributed by atoms with E-state index >= 15 is 0 Å². The van der Waals surface area contributed by atoms with Gasteiger partial charge in [0, 0.05) is 24.4 Å². The molecule has 8 heteroatoms. The Morgan fingerprint density at radius 3 is 2.90 bits per heavy atom. The van der Waals surface area contributed by atoms with Gasteiger partial charge in [0.2, 0.25) is 11.8 Å². The van der Waals surface area contributed by atoms with E-state index in [-0.39, 0.29) is 11.4 Å². The quantitative estimate of drug-likeness (QED) is 0.642. The highest BCUT2D eigenvalue weighted by Gasteiger charge is 2.19. The number of aromatic nitrogens is 3. The molecule has 21 heavy (non-hydrogen) atoms. The van der Waals surface area contributed by atoms with Gasteiger partial charge in [0.1, 0.15) is 6.20 Å². The maximum Gasteiger partial charge on any atom is 0.313 e. The molecule has 0 radical (unpaired) electrons. The number of ether oxygens (including phenoxy) is 1. The molecule has 0 fully saturated rings. The van der Waals surface area contributed by atoms with Gasteiger partial charge in [-0.05, 0) is 12.5 Å². The number of hydrogen-bond acceptors (Lipinski definition) is 7. The van der Waals surface area contributed by atoms with Crippen molar-refractivity contribution in [3.63, 3.8) is 0 Å². The molecule has 0 saturated heterocycles. The predicted molar refractivity (Wildman–Crippen MR) is 77.3 cm³/mol. The molecule has 2 rings (SSSR count). The van der Waals surface area contributed by atoms with Gasteiger partial charge < -0.3 is 10.1 Å². The summed E-state index contributed by atoms with van der Waals surface area (Å²) >= 11 is 0. The summed E-state index contributed by atoms with van der Waals surface area (Å²) in [5, 5.41) is 14.1. The third-order valence-electron chi connectivity index (χ3n) is 2.72. The third kappa shape index (κ3) is 3.41. The molecule has 0 aliphatic carbocycles. The Morgan fingerprint density at radius 1 is 1.43 bits per heavy atom. The summed E-state index contributed by atoms with van der Waals surface area (Å²) < 4.78 is 5.03. The lowest BCUT2D eigenvalue weighted by Crippen LogP contribution is -2.06. The van der Waals surface area contributed by atoms with Crippen molar-refractivity contribution in [1.29, 1.82) is 0 Å². The number of hydrogen-bond donors (Lipinski definition) is 1. The monoisotopic (exact) mass is 289 g/mol. The first-order valence-electron chi connectivity index (χ1n) is 6.41. The van der Waals surface area contributed by atoms with Crippen molar-refractivity contribution >= 4 is 11.6 Å². The Hall–Kier alpha value is -2.77. The zero-order chi connectivity index (χ0) is 15.2. The van der Waals surface area contributed by atoms with Gasteiger partial charge in [-0.25, -0.2) is 15.0 Å². The number of methoxy groups -OCH3 is 1. The molecule has 2 aromatic rings. The highest BCUT2D eigenvalue weighted by molar-refractivity contribution is 5.70. The van der Waals surface area contributed by atoms with Crippen LogP contribution in [0.3, 0.4) is 0 Å². The molecule has 110 valence electrons. The van der Waals surface area contributed by atoms with Crippen molar-refractivity contribution in [3.8, 4) is 17.1 Å². The Balaban J connectivity index is 2.49. The van der Waals surface area contributed by atoms with E-state index in [1.807, 2.05) is 6.92 Å². The fourth-order valence-electron chi connectivity index (χ4n) is 1.71. The third-order valence-corrected chi connectivity index (χ3v) is 2.72. The first-order valence-corrected chi connectivity index (χ1v) is 6.41. The first-order chi connectivity index (χ1) is 10.2. The minimum atomic E-state index is -0.508. The second-order valence-electron chi connectivity index (χ2n) is 4.20. The predicted octanol–water partition coefficient (Wildman–Crippen LogP) is 2.28. The van der Waals surface area contributed by atoms with Gasteiger partial charge in [-0.15, -0.1) is 0 Å². The number of pyridine rings is 1. The van der Waals surface area contributed by atoms with Crippen LogP contribution in [-0.4, -0.2) is 33.5 Å². The van der Waals surface area contributed by atoms with Crippen LogP contribution >= 0.6 is 0 Å². The average molecular weight is 289 g/mol. The summed E-state index contributed by atoms with van der Waals surface area (Å²) in [7, 11) is 1.48. The second kappa shape index (κ2) is 6.60. The minimum absolute atomic E-state index is 0.162. The summed E-state index contributed by atoms with van der Waals surface area (Å²) in [6.45, 7) is 2.70. The summed E-state index contributed by atoms with van der Waals surface area (Å²) in [5.41, 5.74) is 0.620. The van der Waals surface area contributed by atoms with E-state index in [1.165, 1.54) is 19.5 Å². The molecule has 0 saturated carbocycles. The molecule has 0 amide bonds. The lowest BCUT2D eigenvalue weighted by atomic mass is 10.1. The van der Waals surface area contributed by atoms with E-state index < -0.39 is 4.92 Å². The normalized spacial score (nSPS) is 10.2. The van der Waals surface area contributed by atoms with Crippen molar-refractivity contribution in [2.75, 3.05) is 19.0 Å². The van der Waals surface area contributed by atoms with Gasteiger partial charge in [0.15, 0.2) is 5.69 Å². The lowest BCUT2D eigenvalue weighted by Gasteiger charge is -2.07. The number of nitrogens with zero attached hydrogens (tertiary/aromatic N) is 4. The highest BCUT2D eigenvalue weighted by Crippen LogP contribution is 2.29. The van der Waals surface area contributed by atoms with Crippen LogP contribution in [0.1, 0.15) is 13.3 Å². The summed E-state index contributed by atoms with van der Waals surface area (Å²) in [5.74, 6) is 0.719. The molecule has 0 aromatic carbocycles. The molecule has 0 spiro atoms. The van der Waals surface area contributed by atoms with E-state index in [4.69, 9.17) is 4.74 Å². The molecular formula is C13H15N5O3. The van der Waals surface area contributed by atoms with Crippen LogP contribution in [0.2, 0.25) is 0 Å². The SMILES string of the molecule is CCCNc1ncc([N+](=O)[O-])c(-c2ccnc(OC)c2)n1. The maximum atomic E-state index is 11.1. The number of anilines is 1. The van der Waals surface area contributed by atoms with E-state index in [0.29, 0.717) is 23.9 Å². The summed E-state index contributed by atoms with van der Waals surface area (Å²) in [6.07, 6.45) is 3.62. The van der Waals surface area contributed by atoms with Gasteiger partial charge in [0.25, 0.3) is 0 Å². The first kappa shape index (κ1) is 14.6. The standard InChI is InChI=1S/C13H15N5O3/c1-3-5-15-13-16-8-10(18(19)20)12(17-13)9-4-6-14-11(7-9)21-2/h4,6-8H,3,5H2,1-2H3,(H,15,16,17). The highest BCUT2D eigenvalue weighted by atomic mass is 16.6. The molecule has 1 N–H and O–H groups in total. The number of nitrogens with one attached hydrogen (secondary N) is 1. The minimum Gasteiger partial charge on any atom is -0.481 e. The van der Waals surface area contributed by atoms with Gasteiger partial charge in [-0.3, -0.25) is 10.1 Å². The van der Waals surface area contributed by atoms with Gasteiger partial charge in [0.05, 0.1) is 12.0 Å². The van der Waals surface area contributed by atoms with Crippen LogP contribution < -0.4 is 10.1 Å². The van der Waals surface area contributed by atoms with Gasteiger partial charge in [-0.2, -0.15) is 0 Å². The van der Waals surface area contributed by atoms with Crippen LogP contribution in [0.25, 0.3) is 11.3 Å². The van der Waals surface area contributed by atoms with Crippen LogP contribution in [0.15, 0.2) is 24.5 Å². The zero-order valence-corrected chi connectivity index (χ0v) is 11.7. The van der Waals surface area contributed by atoms with Crippen LogP contribution in [0, 0.1) is 10.1 Å². The van der Waals surface area contributed by atoms with Crippen molar-refractivity contribution < 1.29 is 9.66 Å². The van der Waals surface area contributed by atoms with E-state index in [0.717, 1.165) is 6.42 Å². The van der Waals surface area contributed by atoms with Gasteiger partial charge >= 0.3 is 5.69 Å². The van der Waals surface area contributed by atoms with E-state index in [2.05, 4.69) is 20.3 Å². The van der Waals surface area contributed by atoms with Crippen LogP contribution in [0.5, 0.6) is 5.88 Å². The second-order valence-corrected chi connectivity index (χ2v) is 4.20. The Morgan fingerprint density at radius 2 is 2.24 bits per heavy atom. The molecule has 0 bridgehead atoms. The molecule has 2 heterocycles. The maximum absolute atomic E-state index is 11.1. The fraction of sp³-hybridized carbons (Fsp3) is 0.308. The topological polar surface area (TPSA) is 103 Å². The average Bonchev–Trinajstić information content (AvgIpc) is 2.52. The number of rotatable bonds is 6. The Bertz CT molecular complexity index is 647. The number of nitro groups is 1. The Kier molecular flexibility index (Phi) is 4.60. The van der Waals surface area contributed by atoms with Crippen molar-refractivity contribution in [1.82, 2.24) is 15.0 Å². The van der Waals surface area contributed by atoms with Crippen LogP contribution in [-0.2, 0) is 0 Å².